The monoisotopic (exact) mass is 370 g/mol. The molecule has 0 aromatic rings. The molecule has 2 saturated carbocycles. The van der Waals surface area contributed by atoms with Gasteiger partial charge in [-0.1, -0.05) is 12.8 Å². The quantitative estimate of drug-likeness (QED) is 0.340. The van der Waals surface area contributed by atoms with Crippen molar-refractivity contribution in [2.24, 2.45) is 11.8 Å². The van der Waals surface area contributed by atoms with Crippen LogP contribution in [0.1, 0.15) is 77.0 Å². The van der Waals surface area contributed by atoms with Gasteiger partial charge in [-0.05, 0) is 64.2 Å². The van der Waals surface area contributed by atoms with Crippen LogP contribution >= 0.6 is 0 Å². The van der Waals surface area contributed by atoms with Crippen LogP contribution in [-0.4, -0.2) is 47.6 Å². The highest BCUT2D eigenvalue weighted by Crippen LogP contribution is 2.32. The van der Waals surface area contributed by atoms with Crippen molar-refractivity contribution in [3.63, 3.8) is 0 Å². The van der Waals surface area contributed by atoms with Crippen molar-refractivity contribution in [3.8, 4) is 0 Å². The van der Waals surface area contributed by atoms with Crippen LogP contribution in [0.3, 0.4) is 0 Å². The van der Waals surface area contributed by atoms with Gasteiger partial charge in [-0.25, -0.2) is 0 Å². The van der Waals surface area contributed by atoms with Crippen LogP contribution in [0.15, 0.2) is 0 Å². The topological polar surface area (TPSA) is 93.1 Å². The molecular formula is C20H34O6. The largest absolute Gasteiger partial charge is 0.465 e. The number of hydrogen-bond acceptors (Lipinski definition) is 6. The highest BCUT2D eigenvalue weighted by molar-refractivity contribution is 5.75. The number of unbranched alkanes of at least 4 members (excludes halogenated alkanes) is 4. The van der Waals surface area contributed by atoms with E-state index in [1.54, 1.807) is 0 Å². The molecule has 0 amide bonds. The molecule has 6 heteroatoms. The Morgan fingerprint density at radius 2 is 1.46 bits per heavy atom. The molecule has 0 radical (unpaired) electrons. The molecule has 26 heavy (non-hydrogen) atoms. The van der Waals surface area contributed by atoms with Crippen LogP contribution in [0, 0.1) is 11.8 Å². The summed E-state index contributed by atoms with van der Waals surface area (Å²) in [5, 5.41) is 19.2. The summed E-state index contributed by atoms with van der Waals surface area (Å²) in [7, 11) is 0. The zero-order chi connectivity index (χ0) is 18.8. The van der Waals surface area contributed by atoms with E-state index in [-0.39, 0.29) is 30.4 Å². The molecule has 0 aliphatic heterocycles. The molecule has 2 aliphatic carbocycles. The van der Waals surface area contributed by atoms with Gasteiger partial charge in [0.15, 0.2) is 0 Å². The Hall–Kier alpha value is -1.14. The van der Waals surface area contributed by atoms with Gasteiger partial charge in [0.1, 0.15) is 6.10 Å². The predicted molar refractivity (Wildman–Crippen MR) is 96.3 cm³/mol. The summed E-state index contributed by atoms with van der Waals surface area (Å²) >= 11 is 0. The number of carbonyl (C=O) groups excluding carboxylic acids is 2. The van der Waals surface area contributed by atoms with Crippen LogP contribution < -0.4 is 0 Å². The maximum Gasteiger partial charge on any atom is 0.309 e. The molecular weight excluding hydrogens is 336 g/mol. The fourth-order valence-corrected chi connectivity index (χ4v) is 2.96. The van der Waals surface area contributed by atoms with Crippen LogP contribution in [0.2, 0.25) is 0 Å². The molecule has 6 nitrogen and oxygen atoms in total. The molecule has 2 N–H and O–H groups in total. The fourth-order valence-electron chi connectivity index (χ4n) is 2.96. The van der Waals surface area contributed by atoms with Crippen molar-refractivity contribution in [2.75, 3.05) is 13.2 Å². The van der Waals surface area contributed by atoms with E-state index in [1.807, 2.05) is 0 Å². The number of esters is 2. The summed E-state index contributed by atoms with van der Waals surface area (Å²) in [6.45, 7) is 0.618. The second-order valence-corrected chi connectivity index (χ2v) is 7.68. The van der Waals surface area contributed by atoms with Gasteiger partial charge in [-0.15, -0.1) is 0 Å². The first-order valence-electron chi connectivity index (χ1n) is 10.3. The first-order chi connectivity index (χ1) is 12.6. The lowest BCUT2D eigenvalue weighted by Crippen LogP contribution is -2.32. The van der Waals surface area contributed by atoms with E-state index in [2.05, 4.69) is 0 Å². The van der Waals surface area contributed by atoms with Gasteiger partial charge in [0.25, 0.3) is 0 Å². The van der Waals surface area contributed by atoms with Crippen LogP contribution in [0.25, 0.3) is 0 Å². The Morgan fingerprint density at radius 1 is 0.846 bits per heavy atom. The van der Waals surface area contributed by atoms with Crippen LogP contribution in [-0.2, 0) is 19.1 Å². The average molecular weight is 370 g/mol. The van der Waals surface area contributed by atoms with Crippen molar-refractivity contribution in [1.29, 1.82) is 0 Å². The molecule has 2 atom stereocenters. The van der Waals surface area contributed by atoms with Crippen LogP contribution in [0.4, 0.5) is 0 Å². The minimum atomic E-state index is -0.649. The van der Waals surface area contributed by atoms with Gasteiger partial charge in [-0.3, -0.25) is 9.59 Å². The van der Waals surface area contributed by atoms with E-state index in [1.165, 1.54) is 0 Å². The number of carbonyl (C=O) groups is 2. The first-order valence-corrected chi connectivity index (χ1v) is 10.3. The molecule has 0 saturated heterocycles. The van der Waals surface area contributed by atoms with Gasteiger partial charge in [0, 0.05) is 6.61 Å². The second kappa shape index (κ2) is 11.5. The van der Waals surface area contributed by atoms with Crippen LogP contribution in [0.5, 0.6) is 0 Å². The SMILES string of the molecule is O=C(OCCCCCC(OC(=O)C1CC1)C(O)CCCCCO)C1CC1. The zero-order valence-corrected chi connectivity index (χ0v) is 15.7. The van der Waals surface area contributed by atoms with Gasteiger partial charge >= 0.3 is 11.9 Å². The van der Waals surface area contributed by atoms with E-state index < -0.39 is 12.2 Å². The van der Waals surface area contributed by atoms with Crippen molar-refractivity contribution >= 4 is 11.9 Å². The van der Waals surface area contributed by atoms with E-state index >= 15 is 0 Å². The minimum Gasteiger partial charge on any atom is -0.465 e. The second-order valence-electron chi connectivity index (χ2n) is 7.68. The summed E-state index contributed by atoms with van der Waals surface area (Å²) < 4.78 is 10.8. The third-order valence-electron chi connectivity index (χ3n) is 5.05. The summed E-state index contributed by atoms with van der Waals surface area (Å²) in [5.74, 6) is -0.0783. The van der Waals surface area contributed by atoms with Crippen molar-refractivity contribution in [2.45, 2.75) is 89.3 Å². The number of rotatable bonds is 15. The van der Waals surface area contributed by atoms with Gasteiger partial charge in [-0.2, -0.15) is 0 Å². The number of aliphatic hydroxyl groups is 2. The molecule has 150 valence electrons. The van der Waals surface area contributed by atoms with Gasteiger partial charge < -0.3 is 19.7 Å². The molecule has 2 fully saturated rings. The lowest BCUT2D eigenvalue weighted by molar-refractivity contribution is -0.157. The van der Waals surface area contributed by atoms with E-state index in [4.69, 9.17) is 14.6 Å². The van der Waals surface area contributed by atoms with Crippen molar-refractivity contribution in [1.82, 2.24) is 0 Å². The molecule has 0 bridgehead atoms. The molecule has 0 aromatic carbocycles. The maximum atomic E-state index is 12.0. The third kappa shape index (κ3) is 8.49. The molecule has 0 aromatic heterocycles. The Kier molecular flexibility index (Phi) is 9.40. The highest BCUT2D eigenvalue weighted by Gasteiger charge is 2.34. The summed E-state index contributed by atoms with van der Waals surface area (Å²) in [6.07, 6.45) is 8.76. The predicted octanol–water partition coefficient (Wildman–Crippen LogP) is 2.74. The maximum absolute atomic E-state index is 12.0. The number of ether oxygens (including phenoxy) is 2. The highest BCUT2D eigenvalue weighted by atomic mass is 16.6. The molecule has 0 heterocycles. The first kappa shape index (κ1) is 21.2. The normalized spacial score (nSPS) is 19.0. The van der Waals surface area contributed by atoms with Gasteiger partial charge in [0.05, 0.1) is 24.5 Å². The summed E-state index contributed by atoms with van der Waals surface area (Å²) in [4.78, 5) is 23.4. The Morgan fingerprint density at radius 3 is 2.12 bits per heavy atom. The lowest BCUT2D eigenvalue weighted by Gasteiger charge is -2.23. The van der Waals surface area contributed by atoms with Crippen molar-refractivity contribution < 1.29 is 29.3 Å². The standard InChI is InChI=1S/C20H34O6/c21-13-5-1-3-7-17(22)18(26-20(24)16-11-12-16)8-4-2-6-14-25-19(23)15-9-10-15/h15-18,21-22H,1-14H2. The van der Waals surface area contributed by atoms with Gasteiger partial charge in [0.2, 0.25) is 0 Å². The summed E-state index contributed by atoms with van der Waals surface area (Å²) in [6, 6.07) is 0. The Labute approximate surface area is 156 Å². The zero-order valence-electron chi connectivity index (χ0n) is 15.7. The van der Waals surface area contributed by atoms with E-state index in [0.717, 1.165) is 64.2 Å². The molecule has 2 aliphatic rings. The Balaban J connectivity index is 1.61. The van der Waals surface area contributed by atoms with E-state index in [0.29, 0.717) is 19.4 Å². The number of hydrogen-bond donors (Lipinski definition) is 2. The van der Waals surface area contributed by atoms with Crippen molar-refractivity contribution in [3.05, 3.63) is 0 Å². The Bertz CT molecular complexity index is 430. The number of aliphatic hydroxyl groups excluding tert-OH is 2. The lowest BCUT2D eigenvalue weighted by atomic mass is 10.0. The smallest absolute Gasteiger partial charge is 0.309 e. The average Bonchev–Trinajstić information content (AvgIpc) is 3.50. The molecule has 2 rings (SSSR count). The fraction of sp³-hybridized carbons (Fsp3) is 0.900. The van der Waals surface area contributed by atoms with E-state index in [9.17, 15) is 14.7 Å². The molecule has 2 unspecified atom stereocenters. The summed E-state index contributed by atoms with van der Waals surface area (Å²) in [5.41, 5.74) is 0. The third-order valence-corrected chi connectivity index (χ3v) is 5.05. The molecule has 0 spiro atoms. The minimum absolute atomic E-state index is 0.0286.